The summed E-state index contributed by atoms with van der Waals surface area (Å²) in [5.74, 6) is -1.67. The number of hydrogen-bond donors (Lipinski definition) is 2. The van der Waals surface area contributed by atoms with E-state index >= 15 is 0 Å². The molecule has 11 nitrogen and oxygen atoms in total. The number of nitro benzene ring substituents is 1. The lowest BCUT2D eigenvalue weighted by atomic mass is 10.1. The van der Waals surface area contributed by atoms with Crippen molar-refractivity contribution in [2.75, 3.05) is 25.0 Å². The van der Waals surface area contributed by atoms with Crippen molar-refractivity contribution < 1.29 is 28.8 Å². The number of carbonyl (C=O) groups excluding carboxylic acids is 4. The van der Waals surface area contributed by atoms with Crippen molar-refractivity contribution in [1.82, 2.24) is 10.2 Å². The van der Waals surface area contributed by atoms with Gasteiger partial charge in [0.15, 0.2) is 0 Å². The van der Waals surface area contributed by atoms with Crippen LogP contribution in [0.5, 0.6) is 0 Å². The van der Waals surface area contributed by atoms with Gasteiger partial charge in [-0.05, 0) is 31.0 Å². The Bertz CT molecular complexity index is 1130. The zero-order valence-corrected chi connectivity index (χ0v) is 18.5. The average molecular weight is 468 g/mol. The summed E-state index contributed by atoms with van der Waals surface area (Å²) >= 11 is 0. The van der Waals surface area contributed by atoms with E-state index in [9.17, 15) is 29.3 Å². The molecule has 2 aromatic rings. The molecule has 4 amide bonds. The number of rotatable bonds is 10. The van der Waals surface area contributed by atoms with Crippen LogP contribution in [0.4, 0.5) is 16.2 Å². The molecule has 178 valence electrons. The molecule has 1 heterocycles. The number of urea groups is 1. The number of unbranched alkanes of at least 4 members (excludes halogenated alkanes) is 1. The molecule has 0 fully saturated rings. The Morgan fingerprint density at radius 1 is 1.06 bits per heavy atom. The third kappa shape index (κ3) is 5.55. The van der Waals surface area contributed by atoms with Gasteiger partial charge in [0.25, 0.3) is 17.5 Å². The Labute approximate surface area is 195 Å². The second-order valence-corrected chi connectivity index (χ2v) is 7.52. The standard InChI is InChI=1S/C23H24N4O7/c1-2-3-13-34-22(30)17-7-4-5-8-19(17)25-23(31)24-11-6-12-26-20(28)16-10-9-15(27(32)33)14-18(16)21(26)29/h4-5,7-10,14H,2-3,6,11-13H2,1H3,(H2,24,25,31). The van der Waals surface area contributed by atoms with Gasteiger partial charge < -0.3 is 15.4 Å². The van der Waals surface area contributed by atoms with Crippen LogP contribution in [0.15, 0.2) is 42.5 Å². The molecule has 1 aliphatic heterocycles. The van der Waals surface area contributed by atoms with E-state index in [1.807, 2.05) is 6.92 Å². The first-order valence-electron chi connectivity index (χ1n) is 10.8. The molecule has 0 atom stereocenters. The molecule has 1 aliphatic rings. The van der Waals surface area contributed by atoms with Crippen LogP contribution in [0.1, 0.15) is 57.3 Å². The Morgan fingerprint density at radius 2 is 1.79 bits per heavy atom. The smallest absolute Gasteiger partial charge is 0.340 e. The number of benzene rings is 2. The maximum atomic E-state index is 12.5. The molecule has 0 aromatic heterocycles. The number of nitro groups is 1. The summed E-state index contributed by atoms with van der Waals surface area (Å²) in [5.41, 5.74) is 0.364. The van der Waals surface area contributed by atoms with E-state index in [2.05, 4.69) is 10.6 Å². The molecule has 0 aliphatic carbocycles. The second-order valence-electron chi connectivity index (χ2n) is 7.52. The van der Waals surface area contributed by atoms with Crippen LogP contribution in [0.2, 0.25) is 0 Å². The summed E-state index contributed by atoms with van der Waals surface area (Å²) in [7, 11) is 0. The number of fused-ring (bicyclic) bond motifs is 1. The fourth-order valence-corrected chi connectivity index (χ4v) is 3.36. The number of nitrogens with zero attached hydrogens (tertiary/aromatic N) is 2. The van der Waals surface area contributed by atoms with Crippen molar-refractivity contribution in [3.8, 4) is 0 Å². The number of non-ortho nitro benzene ring substituents is 1. The Kier molecular flexibility index (Phi) is 7.91. The largest absolute Gasteiger partial charge is 0.462 e. The molecule has 3 rings (SSSR count). The van der Waals surface area contributed by atoms with Gasteiger partial charge >= 0.3 is 12.0 Å². The van der Waals surface area contributed by atoms with Crippen molar-refractivity contribution in [1.29, 1.82) is 0 Å². The van der Waals surface area contributed by atoms with Gasteiger partial charge in [0, 0.05) is 25.2 Å². The zero-order valence-electron chi connectivity index (χ0n) is 18.5. The number of para-hydroxylation sites is 1. The van der Waals surface area contributed by atoms with E-state index in [1.54, 1.807) is 24.3 Å². The van der Waals surface area contributed by atoms with Crippen LogP contribution >= 0.6 is 0 Å². The van der Waals surface area contributed by atoms with Gasteiger partial charge in [-0.2, -0.15) is 0 Å². The van der Waals surface area contributed by atoms with E-state index in [0.717, 1.165) is 23.8 Å². The van der Waals surface area contributed by atoms with E-state index in [1.165, 1.54) is 12.1 Å². The lowest BCUT2D eigenvalue weighted by Gasteiger charge is -2.14. The van der Waals surface area contributed by atoms with Crippen molar-refractivity contribution in [3.05, 3.63) is 69.3 Å². The van der Waals surface area contributed by atoms with Crippen molar-refractivity contribution in [2.24, 2.45) is 0 Å². The molecular formula is C23H24N4O7. The van der Waals surface area contributed by atoms with Crippen LogP contribution < -0.4 is 10.6 Å². The number of amides is 4. The molecule has 2 N–H and O–H groups in total. The van der Waals surface area contributed by atoms with Gasteiger partial charge in [-0.15, -0.1) is 0 Å². The quantitative estimate of drug-likeness (QED) is 0.179. The zero-order chi connectivity index (χ0) is 24.7. The van der Waals surface area contributed by atoms with E-state index in [-0.39, 0.29) is 41.9 Å². The Balaban J connectivity index is 1.50. The lowest BCUT2D eigenvalue weighted by molar-refractivity contribution is -0.384. The molecule has 0 radical (unpaired) electrons. The topological polar surface area (TPSA) is 148 Å². The molecule has 34 heavy (non-hydrogen) atoms. The van der Waals surface area contributed by atoms with Gasteiger partial charge in [-0.3, -0.25) is 24.6 Å². The normalized spacial score (nSPS) is 12.3. The monoisotopic (exact) mass is 468 g/mol. The van der Waals surface area contributed by atoms with Crippen molar-refractivity contribution in [2.45, 2.75) is 26.2 Å². The third-order valence-electron chi connectivity index (χ3n) is 5.14. The summed E-state index contributed by atoms with van der Waals surface area (Å²) in [6, 6.07) is 9.44. The summed E-state index contributed by atoms with van der Waals surface area (Å²) in [6.45, 7) is 2.44. The first-order chi connectivity index (χ1) is 16.3. The molecule has 0 bridgehead atoms. The number of carbonyl (C=O) groups is 4. The summed E-state index contributed by atoms with van der Waals surface area (Å²) in [6.07, 6.45) is 1.89. The molecule has 0 saturated heterocycles. The third-order valence-corrected chi connectivity index (χ3v) is 5.14. The highest BCUT2D eigenvalue weighted by Gasteiger charge is 2.36. The average Bonchev–Trinajstić information content (AvgIpc) is 3.06. The number of imide groups is 1. The highest BCUT2D eigenvalue weighted by molar-refractivity contribution is 6.21. The van der Waals surface area contributed by atoms with Crippen LogP contribution in [0.3, 0.4) is 0 Å². The van der Waals surface area contributed by atoms with E-state index < -0.39 is 28.7 Å². The van der Waals surface area contributed by atoms with E-state index in [4.69, 9.17) is 4.74 Å². The van der Waals surface area contributed by atoms with Gasteiger partial charge in [0.2, 0.25) is 0 Å². The maximum absolute atomic E-state index is 12.5. The van der Waals surface area contributed by atoms with E-state index in [0.29, 0.717) is 12.3 Å². The number of anilines is 1. The number of nitrogens with one attached hydrogen (secondary N) is 2. The Morgan fingerprint density at radius 3 is 2.53 bits per heavy atom. The predicted octanol–water partition coefficient (Wildman–Crippen LogP) is 3.36. The Hall–Kier alpha value is -4.28. The molecular weight excluding hydrogens is 444 g/mol. The minimum absolute atomic E-state index is 0.00710. The highest BCUT2D eigenvalue weighted by atomic mass is 16.6. The van der Waals surface area contributed by atoms with Gasteiger partial charge in [-0.1, -0.05) is 25.5 Å². The predicted molar refractivity (Wildman–Crippen MR) is 122 cm³/mol. The summed E-state index contributed by atoms with van der Waals surface area (Å²) < 4.78 is 5.20. The summed E-state index contributed by atoms with van der Waals surface area (Å²) in [5, 5.41) is 16.1. The maximum Gasteiger partial charge on any atom is 0.340 e. The number of esters is 1. The van der Waals surface area contributed by atoms with Crippen LogP contribution in [0.25, 0.3) is 0 Å². The SMILES string of the molecule is CCCCOC(=O)c1ccccc1NC(=O)NCCCN1C(=O)c2ccc([N+](=O)[O-])cc2C1=O. The summed E-state index contributed by atoms with van der Waals surface area (Å²) in [4.78, 5) is 60.7. The molecule has 2 aromatic carbocycles. The fourth-order valence-electron chi connectivity index (χ4n) is 3.36. The van der Waals surface area contributed by atoms with Gasteiger partial charge in [-0.25, -0.2) is 9.59 Å². The van der Waals surface area contributed by atoms with Crippen molar-refractivity contribution >= 4 is 35.2 Å². The molecule has 0 saturated carbocycles. The first kappa shape index (κ1) is 24.4. The van der Waals surface area contributed by atoms with Gasteiger partial charge in [0.1, 0.15) is 0 Å². The molecule has 11 heteroatoms. The lowest BCUT2D eigenvalue weighted by Crippen LogP contribution is -2.35. The van der Waals surface area contributed by atoms with Gasteiger partial charge in [0.05, 0.1) is 33.9 Å². The minimum Gasteiger partial charge on any atom is -0.462 e. The first-order valence-corrected chi connectivity index (χ1v) is 10.8. The second kappa shape index (κ2) is 11.0. The number of hydrogen-bond acceptors (Lipinski definition) is 7. The van der Waals surface area contributed by atoms with Crippen LogP contribution in [0, 0.1) is 10.1 Å². The van der Waals surface area contributed by atoms with Crippen LogP contribution in [-0.2, 0) is 4.74 Å². The van der Waals surface area contributed by atoms with Crippen molar-refractivity contribution in [3.63, 3.8) is 0 Å². The molecule has 0 spiro atoms. The highest BCUT2D eigenvalue weighted by Crippen LogP contribution is 2.26. The van der Waals surface area contributed by atoms with Crippen LogP contribution in [-0.4, -0.2) is 53.3 Å². The minimum atomic E-state index is -0.633. The fraction of sp³-hybridized carbons (Fsp3) is 0.304. The molecule has 0 unspecified atom stereocenters. The number of ether oxygens (including phenoxy) is 1.